The number of nitrogens with zero attached hydrogens (tertiary/aromatic N) is 3. The zero-order chi connectivity index (χ0) is 20.5. The molecule has 0 bridgehead atoms. The van der Waals surface area contributed by atoms with E-state index in [1.807, 2.05) is 37.3 Å². The second-order valence-corrected chi connectivity index (χ2v) is 8.86. The molecule has 8 heteroatoms. The highest BCUT2D eigenvalue weighted by Crippen LogP contribution is 2.35. The van der Waals surface area contributed by atoms with Gasteiger partial charge < -0.3 is 10.6 Å². The summed E-state index contributed by atoms with van der Waals surface area (Å²) >= 11 is 6.67. The van der Waals surface area contributed by atoms with Crippen LogP contribution < -0.4 is 10.6 Å². The van der Waals surface area contributed by atoms with E-state index in [4.69, 9.17) is 22.9 Å². The van der Waals surface area contributed by atoms with Crippen LogP contribution >= 0.6 is 24.0 Å². The molecule has 6 nitrogen and oxygen atoms in total. The first kappa shape index (κ1) is 19.8. The normalized spacial score (nSPS) is 19.6. The first-order valence-electron chi connectivity index (χ1n) is 9.67. The number of carbonyl (C=O) groups excluding carboxylic acids is 2. The van der Waals surface area contributed by atoms with Crippen molar-refractivity contribution < 1.29 is 9.59 Å². The number of piperidine rings is 1. The van der Waals surface area contributed by atoms with Gasteiger partial charge in [0.1, 0.15) is 10.1 Å². The number of thiocarbonyl (C=S) groups is 1. The molecule has 150 valence electrons. The number of fused-ring (bicyclic) bond motifs is 1. The van der Waals surface area contributed by atoms with Gasteiger partial charge in [-0.2, -0.15) is 0 Å². The Morgan fingerprint density at radius 2 is 2.07 bits per heavy atom. The standard InChI is InChI=1S/C21H22N4O2S2/c1-2-25-20(27)17(29-21(25)28)12-15-11-14-5-3-4-6-16(14)23-19(15)24-9-7-13(8-10-24)18(22)26/h3-6,11-13H,2,7-10H2,1H3,(H2,22,26)/b17-12-. The maximum Gasteiger partial charge on any atom is 0.266 e. The first-order valence-corrected chi connectivity index (χ1v) is 10.9. The topological polar surface area (TPSA) is 79.5 Å². The average Bonchev–Trinajstić information content (AvgIpc) is 2.99. The third-order valence-electron chi connectivity index (χ3n) is 5.41. The van der Waals surface area contributed by atoms with Crippen molar-refractivity contribution in [2.24, 2.45) is 11.7 Å². The molecular weight excluding hydrogens is 404 g/mol. The second-order valence-electron chi connectivity index (χ2n) is 7.18. The fraction of sp³-hybridized carbons (Fsp3) is 0.333. The van der Waals surface area contributed by atoms with Crippen LogP contribution in [0.3, 0.4) is 0 Å². The molecule has 0 atom stereocenters. The van der Waals surface area contributed by atoms with E-state index in [1.54, 1.807) is 4.90 Å². The summed E-state index contributed by atoms with van der Waals surface area (Å²) in [7, 11) is 0. The van der Waals surface area contributed by atoms with Crippen molar-refractivity contribution in [3.05, 3.63) is 40.8 Å². The minimum Gasteiger partial charge on any atom is -0.369 e. The molecule has 2 N–H and O–H groups in total. The maximum atomic E-state index is 12.7. The minimum atomic E-state index is -0.236. The molecule has 2 aliphatic rings. The van der Waals surface area contributed by atoms with Gasteiger partial charge >= 0.3 is 0 Å². The molecular formula is C21H22N4O2S2. The van der Waals surface area contributed by atoms with E-state index in [1.165, 1.54) is 11.8 Å². The van der Waals surface area contributed by atoms with Crippen LogP contribution in [-0.2, 0) is 9.59 Å². The molecule has 2 aliphatic heterocycles. The Kier molecular flexibility index (Phi) is 5.56. The van der Waals surface area contributed by atoms with Gasteiger partial charge in [-0.3, -0.25) is 14.5 Å². The lowest BCUT2D eigenvalue weighted by Crippen LogP contribution is -2.39. The van der Waals surface area contributed by atoms with E-state index < -0.39 is 0 Å². The number of hydrogen-bond donors (Lipinski definition) is 1. The lowest BCUT2D eigenvalue weighted by molar-refractivity contribution is -0.123. The highest BCUT2D eigenvalue weighted by molar-refractivity contribution is 8.26. The SMILES string of the molecule is CCN1C(=O)/C(=C/c2cc3ccccc3nc2N2CCC(C(N)=O)CC2)SC1=S. The number of primary amides is 1. The molecule has 2 amide bonds. The van der Waals surface area contributed by atoms with Gasteiger partial charge in [0.05, 0.1) is 10.4 Å². The third-order valence-corrected chi connectivity index (χ3v) is 6.78. The van der Waals surface area contributed by atoms with E-state index >= 15 is 0 Å². The number of anilines is 1. The Morgan fingerprint density at radius 1 is 1.34 bits per heavy atom. The van der Waals surface area contributed by atoms with Gasteiger partial charge in [-0.1, -0.05) is 42.2 Å². The van der Waals surface area contributed by atoms with Crippen LogP contribution in [-0.4, -0.2) is 45.7 Å². The number of para-hydroxylation sites is 1. The number of likely N-dealkylation sites (N-methyl/N-ethyl adjacent to an activating group) is 1. The summed E-state index contributed by atoms with van der Waals surface area (Å²) in [4.78, 5) is 33.5. The maximum absolute atomic E-state index is 12.7. The van der Waals surface area contributed by atoms with E-state index in [9.17, 15) is 9.59 Å². The van der Waals surface area contributed by atoms with E-state index in [0.29, 0.717) is 41.7 Å². The number of nitrogens with two attached hydrogens (primary N) is 1. The Balaban J connectivity index is 1.74. The summed E-state index contributed by atoms with van der Waals surface area (Å²) in [6.45, 7) is 3.89. The predicted octanol–water partition coefficient (Wildman–Crippen LogP) is 3.16. The van der Waals surface area contributed by atoms with Crippen LogP contribution in [0.15, 0.2) is 35.2 Å². The lowest BCUT2D eigenvalue weighted by Gasteiger charge is -2.32. The number of amides is 2. The lowest BCUT2D eigenvalue weighted by atomic mass is 9.96. The van der Waals surface area contributed by atoms with Crippen molar-refractivity contribution in [2.45, 2.75) is 19.8 Å². The van der Waals surface area contributed by atoms with E-state index in [0.717, 1.165) is 22.3 Å². The smallest absolute Gasteiger partial charge is 0.266 e. The van der Waals surface area contributed by atoms with Crippen LogP contribution in [0.4, 0.5) is 5.82 Å². The summed E-state index contributed by atoms with van der Waals surface area (Å²) in [6.07, 6.45) is 3.31. The van der Waals surface area contributed by atoms with Gasteiger partial charge in [0.25, 0.3) is 5.91 Å². The molecule has 0 saturated carbocycles. The number of aromatic nitrogens is 1. The van der Waals surface area contributed by atoms with Crippen LogP contribution in [0.1, 0.15) is 25.3 Å². The highest BCUT2D eigenvalue weighted by Gasteiger charge is 2.31. The molecule has 1 aromatic carbocycles. The summed E-state index contributed by atoms with van der Waals surface area (Å²) < 4.78 is 0.585. The van der Waals surface area contributed by atoms with Crippen molar-refractivity contribution in [1.82, 2.24) is 9.88 Å². The Morgan fingerprint density at radius 3 is 2.72 bits per heavy atom. The molecule has 2 fully saturated rings. The Hall–Kier alpha value is -2.45. The van der Waals surface area contributed by atoms with Gasteiger partial charge in [-0.05, 0) is 38.0 Å². The zero-order valence-electron chi connectivity index (χ0n) is 16.1. The van der Waals surface area contributed by atoms with Crippen LogP contribution in [0.5, 0.6) is 0 Å². The van der Waals surface area contributed by atoms with Crippen LogP contribution in [0.2, 0.25) is 0 Å². The second kappa shape index (κ2) is 8.12. The molecule has 3 heterocycles. The number of carbonyl (C=O) groups is 2. The summed E-state index contributed by atoms with van der Waals surface area (Å²) in [5, 5.41) is 1.01. The molecule has 2 aromatic rings. The van der Waals surface area contributed by atoms with Gasteiger partial charge in [-0.15, -0.1) is 0 Å². The van der Waals surface area contributed by atoms with Crippen molar-refractivity contribution in [1.29, 1.82) is 0 Å². The quantitative estimate of drug-likeness (QED) is 0.598. The van der Waals surface area contributed by atoms with Crippen molar-refractivity contribution in [2.75, 3.05) is 24.5 Å². The highest BCUT2D eigenvalue weighted by atomic mass is 32.2. The average molecular weight is 427 g/mol. The van der Waals surface area contributed by atoms with Gasteiger partial charge in [0.2, 0.25) is 5.91 Å². The van der Waals surface area contributed by atoms with E-state index in [2.05, 4.69) is 11.0 Å². The van der Waals surface area contributed by atoms with Crippen molar-refractivity contribution in [3.8, 4) is 0 Å². The number of hydrogen-bond acceptors (Lipinski definition) is 6. The molecule has 0 unspecified atom stereocenters. The monoisotopic (exact) mass is 426 g/mol. The molecule has 4 rings (SSSR count). The van der Waals surface area contributed by atoms with Gasteiger partial charge in [0, 0.05) is 36.5 Å². The van der Waals surface area contributed by atoms with E-state index in [-0.39, 0.29) is 17.7 Å². The fourth-order valence-electron chi connectivity index (χ4n) is 3.77. The van der Waals surface area contributed by atoms with Crippen molar-refractivity contribution in [3.63, 3.8) is 0 Å². The fourth-order valence-corrected chi connectivity index (χ4v) is 5.15. The largest absolute Gasteiger partial charge is 0.369 e. The van der Waals surface area contributed by atoms with Gasteiger partial charge in [0.15, 0.2) is 0 Å². The van der Waals surface area contributed by atoms with Crippen molar-refractivity contribution >= 4 is 62.9 Å². The number of pyridine rings is 1. The molecule has 0 spiro atoms. The molecule has 0 aliphatic carbocycles. The third kappa shape index (κ3) is 3.86. The Bertz CT molecular complexity index is 1030. The molecule has 0 radical (unpaired) electrons. The summed E-state index contributed by atoms with van der Waals surface area (Å²) in [5.74, 6) is 0.443. The van der Waals surface area contributed by atoms with Gasteiger partial charge in [-0.25, -0.2) is 4.98 Å². The first-order chi connectivity index (χ1) is 14.0. The van der Waals surface area contributed by atoms with Crippen LogP contribution in [0.25, 0.3) is 17.0 Å². The zero-order valence-corrected chi connectivity index (χ0v) is 17.8. The Labute approximate surface area is 179 Å². The number of thioether (sulfide) groups is 1. The summed E-state index contributed by atoms with van der Waals surface area (Å²) in [5.41, 5.74) is 7.27. The molecule has 1 aromatic heterocycles. The molecule has 29 heavy (non-hydrogen) atoms. The molecule has 2 saturated heterocycles. The number of benzene rings is 1. The number of rotatable bonds is 4. The summed E-state index contributed by atoms with van der Waals surface area (Å²) in [6, 6.07) is 10.00. The van der Waals surface area contributed by atoms with Crippen LogP contribution in [0, 0.1) is 5.92 Å². The predicted molar refractivity (Wildman–Crippen MR) is 121 cm³/mol. The minimum absolute atomic E-state index is 0.0611.